The summed E-state index contributed by atoms with van der Waals surface area (Å²) in [6.45, 7) is 12.7. The van der Waals surface area contributed by atoms with Gasteiger partial charge in [0.15, 0.2) is 0 Å². The normalized spacial score (nSPS) is 16.5. The Balaban J connectivity index is 1.77. The fourth-order valence-electron chi connectivity index (χ4n) is 5.82. The zero-order valence-electron chi connectivity index (χ0n) is 24.4. The lowest BCUT2D eigenvalue weighted by molar-refractivity contribution is -0.151. The van der Waals surface area contributed by atoms with Gasteiger partial charge in [0.1, 0.15) is 11.9 Å². The molecule has 0 saturated carbocycles. The van der Waals surface area contributed by atoms with Crippen molar-refractivity contribution in [2.45, 2.75) is 66.2 Å². The summed E-state index contributed by atoms with van der Waals surface area (Å²) >= 11 is 0. The molecule has 0 amide bonds. The molecule has 1 aliphatic heterocycles. The van der Waals surface area contributed by atoms with Crippen molar-refractivity contribution in [1.29, 1.82) is 0 Å². The first kappa shape index (κ1) is 28.5. The van der Waals surface area contributed by atoms with E-state index in [4.69, 9.17) is 15.2 Å². The van der Waals surface area contributed by atoms with Crippen LogP contribution in [0.2, 0.25) is 0 Å². The van der Waals surface area contributed by atoms with Crippen LogP contribution in [0.5, 0.6) is 5.75 Å². The fourth-order valence-corrected chi connectivity index (χ4v) is 5.82. The maximum Gasteiger partial charge on any atom is 0.312 e. The molecule has 3 N–H and O–H groups in total. The van der Waals surface area contributed by atoms with Gasteiger partial charge in [-0.05, 0) is 74.1 Å². The van der Waals surface area contributed by atoms with Crippen molar-refractivity contribution in [3.63, 3.8) is 0 Å². The van der Waals surface area contributed by atoms with Gasteiger partial charge < -0.3 is 20.5 Å². The number of nitrogens with zero attached hydrogens (tertiary/aromatic N) is 1. The first-order valence-corrected chi connectivity index (χ1v) is 13.8. The molecule has 6 nitrogen and oxygen atoms in total. The number of para-hydroxylation sites is 1. The minimum atomic E-state index is -0.817. The van der Waals surface area contributed by atoms with Crippen LogP contribution in [0.25, 0.3) is 0 Å². The van der Waals surface area contributed by atoms with E-state index in [2.05, 4.69) is 66.5 Å². The Bertz CT molecular complexity index is 1330. The number of carbonyl (C=O) groups is 1. The van der Waals surface area contributed by atoms with E-state index < -0.39 is 5.41 Å². The largest absolute Gasteiger partial charge is 0.489 e. The highest BCUT2D eigenvalue weighted by molar-refractivity contribution is 5.79. The molecule has 0 spiro atoms. The van der Waals surface area contributed by atoms with Crippen molar-refractivity contribution >= 4 is 17.3 Å². The smallest absolute Gasteiger partial charge is 0.312 e. The van der Waals surface area contributed by atoms with Gasteiger partial charge in [-0.1, -0.05) is 49.4 Å². The number of fused-ring (bicyclic) bond motifs is 1. The quantitative estimate of drug-likeness (QED) is 0.259. The van der Waals surface area contributed by atoms with Crippen LogP contribution in [-0.4, -0.2) is 37.7 Å². The monoisotopic (exact) mass is 529 g/mol. The summed E-state index contributed by atoms with van der Waals surface area (Å²) in [7, 11) is 3.32. The van der Waals surface area contributed by atoms with Crippen molar-refractivity contribution in [3.8, 4) is 5.75 Å². The van der Waals surface area contributed by atoms with Gasteiger partial charge in [0.2, 0.25) is 0 Å². The first-order valence-electron chi connectivity index (χ1n) is 13.8. The number of anilines is 2. The molecule has 0 aliphatic carbocycles. The molecule has 1 unspecified atom stereocenters. The molecule has 1 aliphatic rings. The summed E-state index contributed by atoms with van der Waals surface area (Å²) in [4.78, 5) is 15.6. The third-order valence-corrected chi connectivity index (χ3v) is 8.25. The Morgan fingerprint density at radius 2 is 1.92 bits per heavy atom. The summed E-state index contributed by atoms with van der Waals surface area (Å²) in [6, 6.07) is 19.0. The third-order valence-electron chi connectivity index (χ3n) is 8.25. The maximum absolute atomic E-state index is 13.1. The molecule has 3 aromatic rings. The van der Waals surface area contributed by atoms with E-state index in [9.17, 15) is 4.79 Å². The zero-order valence-corrected chi connectivity index (χ0v) is 24.4. The van der Waals surface area contributed by atoms with E-state index in [0.29, 0.717) is 5.69 Å². The second-order valence-electron chi connectivity index (χ2n) is 11.2. The van der Waals surface area contributed by atoms with E-state index in [1.54, 1.807) is 0 Å². The van der Waals surface area contributed by atoms with Gasteiger partial charge in [-0.2, -0.15) is 0 Å². The van der Waals surface area contributed by atoms with Gasteiger partial charge in [0.05, 0.1) is 23.9 Å². The van der Waals surface area contributed by atoms with E-state index in [-0.39, 0.29) is 18.0 Å². The summed E-state index contributed by atoms with van der Waals surface area (Å²) < 4.78 is 11.6. The highest BCUT2D eigenvalue weighted by Gasteiger charge is 2.41. The van der Waals surface area contributed by atoms with Gasteiger partial charge >= 0.3 is 5.97 Å². The van der Waals surface area contributed by atoms with Crippen LogP contribution in [0.4, 0.5) is 11.4 Å². The Hall–Kier alpha value is -3.51. The van der Waals surface area contributed by atoms with Gasteiger partial charge in [-0.15, -0.1) is 0 Å². The lowest BCUT2D eigenvalue weighted by Crippen LogP contribution is -2.34. The third kappa shape index (κ3) is 5.76. The number of hydrogen-bond donors (Lipinski definition) is 2. The molecule has 6 heteroatoms. The SMILES string of the molecule is CC[C@@H]1CN(Cc2cc(C(c3ccc(NC)c(N)c3C)C(C)(C)C(=O)OC)ccc2C)Cc2ccccc2O1. The van der Waals surface area contributed by atoms with Crippen molar-refractivity contribution in [3.05, 3.63) is 88.0 Å². The summed E-state index contributed by atoms with van der Waals surface area (Å²) in [5, 5.41) is 3.16. The molecular formula is C33H43N3O3. The van der Waals surface area contributed by atoms with Crippen LogP contribution in [0, 0.1) is 19.3 Å². The lowest BCUT2D eigenvalue weighted by atomic mass is 9.69. The highest BCUT2D eigenvalue weighted by atomic mass is 16.5. The van der Waals surface area contributed by atoms with Crippen molar-refractivity contribution in [2.75, 3.05) is 31.8 Å². The second kappa shape index (κ2) is 11.7. The standard InChI is InChI=1S/C33H43N3O3/c1-8-26-20-36(18-24-11-9-10-12-29(24)39-26)19-25-17-23(14-13-21(25)2)30(33(4,5)32(37)38-7)27-15-16-28(35-6)31(34)22(27)3/h9-17,26,30,35H,8,18-20,34H2,1-7H3/t26-,30?/m1/s1. The zero-order chi connectivity index (χ0) is 28.3. The number of rotatable bonds is 8. The van der Waals surface area contributed by atoms with Gasteiger partial charge in [0, 0.05) is 38.2 Å². The Kier molecular flexibility index (Phi) is 8.55. The molecule has 3 aromatic carbocycles. The second-order valence-corrected chi connectivity index (χ2v) is 11.2. The molecule has 1 heterocycles. The molecule has 0 bridgehead atoms. The molecule has 39 heavy (non-hydrogen) atoms. The Morgan fingerprint density at radius 1 is 1.18 bits per heavy atom. The number of esters is 1. The molecule has 4 rings (SSSR count). The van der Waals surface area contributed by atoms with Crippen molar-refractivity contribution in [2.24, 2.45) is 5.41 Å². The average molecular weight is 530 g/mol. The number of nitrogens with two attached hydrogens (primary N) is 1. The summed E-state index contributed by atoms with van der Waals surface area (Å²) in [5.41, 5.74) is 14.0. The van der Waals surface area contributed by atoms with Gasteiger partial charge in [-0.25, -0.2) is 0 Å². The van der Waals surface area contributed by atoms with E-state index in [1.165, 1.54) is 23.8 Å². The predicted molar refractivity (Wildman–Crippen MR) is 159 cm³/mol. The fraction of sp³-hybridized carbons (Fsp3) is 0.424. The molecular weight excluding hydrogens is 486 g/mol. The van der Waals surface area contributed by atoms with E-state index in [1.807, 2.05) is 40.0 Å². The van der Waals surface area contributed by atoms with Crippen LogP contribution in [-0.2, 0) is 22.6 Å². The van der Waals surface area contributed by atoms with E-state index in [0.717, 1.165) is 54.2 Å². The average Bonchev–Trinajstić information content (AvgIpc) is 3.11. The Labute approximate surface area is 233 Å². The number of aryl methyl sites for hydroxylation is 1. The topological polar surface area (TPSA) is 76.8 Å². The molecule has 0 radical (unpaired) electrons. The number of nitrogen functional groups attached to an aromatic ring is 1. The maximum atomic E-state index is 13.1. The number of nitrogens with one attached hydrogen (secondary N) is 1. The van der Waals surface area contributed by atoms with Gasteiger partial charge in [-0.3, -0.25) is 9.69 Å². The van der Waals surface area contributed by atoms with Crippen LogP contribution in [0.1, 0.15) is 66.5 Å². The predicted octanol–water partition coefficient (Wildman–Crippen LogP) is 6.43. The minimum Gasteiger partial charge on any atom is -0.489 e. The molecule has 2 atom stereocenters. The van der Waals surface area contributed by atoms with Crippen molar-refractivity contribution < 1.29 is 14.3 Å². The van der Waals surface area contributed by atoms with Crippen LogP contribution in [0.3, 0.4) is 0 Å². The Morgan fingerprint density at radius 3 is 2.62 bits per heavy atom. The lowest BCUT2D eigenvalue weighted by Gasteiger charge is -2.35. The molecule has 208 valence electrons. The summed E-state index contributed by atoms with van der Waals surface area (Å²) in [6.07, 6.45) is 1.09. The van der Waals surface area contributed by atoms with Gasteiger partial charge in [0.25, 0.3) is 0 Å². The number of carbonyl (C=O) groups excluding carboxylic acids is 1. The summed E-state index contributed by atoms with van der Waals surface area (Å²) in [5.74, 6) is 0.488. The molecule has 0 fully saturated rings. The highest BCUT2D eigenvalue weighted by Crippen LogP contribution is 2.45. The first-order chi connectivity index (χ1) is 18.6. The number of hydrogen-bond acceptors (Lipinski definition) is 6. The van der Waals surface area contributed by atoms with E-state index >= 15 is 0 Å². The number of benzene rings is 3. The molecule has 0 aromatic heterocycles. The number of methoxy groups -OCH3 is 1. The van der Waals surface area contributed by atoms with Crippen molar-refractivity contribution in [1.82, 2.24) is 4.90 Å². The van der Waals surface area contributed by atoms with Crippen LogP contribution in [0.15, 0.2) is 54.6 Å². The van der Waals surface area contributed by atoms with Crippen LogP contribution >= 0.6 is 0 Å². The minimum absolute atomic E-state index is 0.138. The van der Waals surface area contributed by atoms with Crippen LogP contribution < -0.4 is 15.8 Å². The molecule has 0 saturated heterocycles. The number of ether oxygens (including phenoxy) is 2.